The zero-order chi connectivity index (χ0) is 20.7. The SMILES string of the molecule is CCn1cc(NC(=O)c2cc3nc(C4CC4)cc(C(F)F)n3n2)c(C(=O)OC)n1. The van der Waals surface area contributed by atoms with E-state index in [-0.39, 0.29) is 34.3 Å². The Bertz CT molecular complexity index is 1100. The van der Waals surface area contributed by atoms with Crippen molar-refractivity contribution in [2.45, 2.75) is 38.7 Å². The highest BCUT2D eigenvalue weighted by Gasteiger charge is 2.28. The van der Waals surface area contributed by atoms with Crippen LogP contribution in [-0.2, 0) is 11.3 Å². The van der Waals surface area contributed by atoms with Crippen LogP contribution in [0, 0.1) is 0 Å². The number of carbonyl (C=O) groups excluding carboxylic acids is 2. The molecule has 3 aromatic rings. The topological polar surface area (TPSA) is 103 Å². The van der Waals surface area contributed by atoms with Gasteiger partial charge in [-0.25, -0.2) is 23.1 Å². The van der Waals surface area contributed by atoms with Crippen LogP contribution < -0.4 is 5.32 Å². The van der Waals surface area contributed by atoms with E-state index in [9.17, 15) is 18.4 Å². The van der Waals surface area contributed by atoms with E-state index >= 15 is 0 Å². The second-order valence-electron chi connectivity index (χ2n) is 6.67. The predicted octanol–water partition coefficient (Wildman–Crippen LogP) is 2.80. The summed E-state index contributed by atoms with van der Waals surface area (Å²) in [6, 6.07) is 2.68. The summed E-state index contributed by atoms with van der Waals surface area (Å²) in [7, 11) is 1.20. The molecule has 0 bridgehead atoms. The maximum atomic E-state index is 13.5. The number of rotatable bonds is 6. The molecule has 0 atom stereocenters. The molecule has 4 rings (SSSR count). The Balaban J connectivity index is 1.68. The van der Waals surface area contributed by atoms with Gasteiger partial charge in [0.15, 0.2) is 17.0 Å². The maximum absolute atomic E-state index is 13.5. The molecular weight excluding hydrogens is 386 g/mol. The van der Waals surface area contributed by atoms with Gasteiger partial charge in [-0.15, -0.1) is 0 Å². The van der Waals surface area contributed by atoms with Crippen LogP contribution in [0.1, 0.15) is 64.5 Å². The van der Waals surface area contributed by atoms with Crippen LogP contribution in [0.15, 0.2) is 18.3 Å². The van der Waals surface area contributed by atoms with Gasteiger partial charge in [-0.3, -0.25) is 9.48 Å². The summed E-state index contributed by atoms with van der Waals surface area (Å²) in [5.74, 6) is -1.21. The summed E-state index contributed by atoms with van der Waals surface area (Å²) < 4.78 is 34.1. The van der Waals surface area contributed by atoms with Gasteiger partial charge >= 0.3 is 5.97 Å². The van der Waals surface area contributed by atoms with Gasteiger partial charge in [0.1, 0.15) is 5.69 Å². The van der Waals surface area contributed by atoms with Crippen LogP contribution in [0.4, 0.5) is 14.5 Å². The van der Waals surface area contributed by atoms with Gasteiger partial charge in [0.05, 0.1) is 12.8 Å². The number of fused-ring (bicyclic) bond motifs is 1. The Morgan fingerprint density at radius 3 is 2.69 bits per heavy atom. The lowest BCUT2D eigenvalue weighted by molar-refractivity contribution is 0.0594. The third-order valence-electron chi connectivity index (χ3n) is 4.64. The number of aryl methyl sites for hydroxylation is 1. The summed E-state index contributed by atoms with van der Waals surface area (Å²) in [4.78, 5) is 28.9. The monoisotopic (exact) mass is 404 g/mol. The fourth-order valence-corrected chi connectivity index (χ4v) is 2.98. The molecule has 1 aliphatic rings. The number of halogens is 2. The second-order valence-corrected chi connectivity index (χ2v) is 6.67. The van der Waals surface area contributed by atoms with Crippen molar-refractivity contribution in [2.24, 2.45) is 0 Å². The van der Waals surface area contributed by atoms with Crippen LogP contribution in [0.25, 0.3) is 5.65 Å². The Morgan fingerprint density at radius 1 is 1.31 bits per heavy atom. The molecule has 11 heteroatoms. The quantitative estimate of drug-likeness (QED) is 0.634. The third-order valence-corrected chi connectivity index (χ3v) is 4.64. The minimum atomic E-state index is -2.76. The number of nitrogens with one attached hydrogen (secondary N) is 1. The predicted molar refractivity (Wildman–Crippen MR) is 97.1 cm³/mol. The van der Waals surface area contributed by atoms with E-state index in [0.717, 1.165) is 17.4 Å². The maximum Gasteiger partial charge on any atom is 0.360 e. The number of amides is 1. The molecule has 3 heterocycles. The molecule has 0 saturated heterocycles. The van der Waals surface area contributed by atoms with E-state index in [4.69, 9.17) is 0 Å². The summed E-state index contributed by atoms with van der Waals surface area (Å²) in [6.45, 7) is 2.29. The van der Waals surface area contributed by atoms with Crippen molar-refractivity contribution in [3.05, 3.63) is 41.1 Å². The molecule has 0 unspecified atom stereocenters. The number of ether oxygens (including phenoxy) is 1. The Morgan fingerprint density at radius 2 is 2.07 bits per heavy atom. The number of hydrogen-bond donors (Lipinski definition) is 1. The van der Waals surface area contributed by atoms with E-state index in [1.165, 1.54) is 30.1 Å². The molecule has 0 aromatic carbocycles. The minimum absolute atomic E-state index is 0.0612. The molecule has 1 amide bonds. The minimum Gasteiger partial charge on any atom is -0.464 e. The van der Waals surface area contributed by atoms with Gasteiger partial charge in [0, 0.05) is 30.4 Å². The van der Waals surface area contributed by atoms with Gasteiger partial charge < -0.3 is 10.1 Å². The lowest BCUT2D eigenvalue weighted by atomic mass is 10.2. The van der Waals surface area contributed by atoms with E-state index in [0.29, 0.717) is 12.2 Å². The molecule has 0 radical (unpaired) electrons. The number of nitrogens with zero attached hydrogens (tertiary/aromatic N) is 5. The van der Waals surface area contributed by atoms with Crippen molar-refractivity contribution in [3.63, 3.8) is 0 Å². The highest BCUT2D eigenvalue weighted by Crippen LogP contribution is 2.40. The molecule has 1 N–H and O–H groups in total. The van der Waals surface area contributed by atoms with Crippen molar-refractivity contribution in [3.8, 4) is 0 Å². The Kier molecular flexibility index (Phi) is 4.73. The van der Waals surface area contributed by atoms with Gasteiger partial charge in [0.2, 0.25) is 0 Å². The molecule has 3 aromatic heterocycles. The fourth-order valence-electron chi connectivity index (χ4n) is 2.98. The van der Waals surface area contributed by atoms with Crippen molar-refractivity contribution in [2.75, 3.05) is 12.4 Å². The van der Waals surface area contributed by atoms with Crippen molar-refractivity contribution < 1.29 is 23.1 Å². The number of hydrogen-bond acceptors (Lipinski definition) is 6. The standard InChI is InChI=1S/C18H18F2N6O3/c1-3-25-8-12(15(24-25)18(28)29-2)22-17(27)11-7-14-21-10(9-4-5-9)6-13(16(19)20)26(14)23-11/h6-9,16H,3-5H2,1-2H3,(H,22,27). The normalized spacial score (nSPS) is 13.8. The zero-order valence-corrected chi connectivity index (χ0v) is 15.7. The fraction of sp³-hybridized carbons (Fsp3) is 0.389. The first-order valence-corrected chi connectivity index (χ1v) is 9.07. The van der Waals surface area contributed by atoms with E-state index in [1.54, 1.807) is 0 Å². The highest BCUT2D eigenvalue weighted by molar-refractivity contribution is 6.06. The first-order valence-electron chi connectivity index (χ1n) is 9.07. The number of alkyl halides is 2. The molecule has 1 saturated carbocycles. The molecule has 1 fully saturated rings. The molecule has 152 valence electrons. The number of methoxy groups -OCH3 is 1. The molecule has 0 aliphatic heterocycles. The van der Waals surface area contributed by atoms with Gasteiger partial charge in [0.25, 0.3) is 12.3 Å². The summed E-state index contributed by atoms with van der Waals surface area (Å²) in [5.41, 5.74) is 0.414. The summed E-state index contributed by atoms with van der Waals surface area (Å²) in [5, 5.41) is 10.6. The van der Waals surface area contributed by atoms with E-state index in [2.05, 4.69) is 25.2 Å². The largest absolute Gasteiger partial charge is 0.464 e. The van der Waals surface area contributed by atoms with Gasteiger partial charge in [-0.2, -0.15) is 10.2 Å². The average Bonchev–Trinajstić information content (AvgIpc) is 3.34. The molecule has 0 spiro atoms. The van der Waals surface area contributed by atoms with Gasteiger partial charge in [-0.1, -0.05) is 0 Å². The van der Waals surface area contributed by atoms with Crippen LogP contribution in [-0.4, -0.2) is 43.4 Å². The smallest absolute Gasteiger partial charge is 0.360 e. The molecule has 1 aliphatic carbocycles. The third kappa shape index (κ3) is 3.55. The molecular formula is C18H18F2N6O3. The number of aromatic nitrogens is 5. The number of anilines is 1. The number of carbonyl (C=O) groups is 2. The Hall–Kier alpha value is -3.37. The first kappa shape index (κ1) is 19.0. The van der Waals surface area contributed by atoms with Crippen molar-refractivity contribution >= 4 is 23.2 Å². The van der Waals surface area contributed by atoms with Gasteiger partial charge in [-0.05, 0) is 25.8 Å². The lowest BCUT2D eigenvalue weighted by Crippen LogP contribution is -2.15. The van der Waals surface area contributed by atoms with Crippen LogP contribution in [0.5, 0.6) is 0 Å². The summed E-state index contributed by atoms with van der Waals surface area (Å²) >= 11 is 0. The van der Waals surface area contributed by atoms with Crippen LogP contribution >= 0.6 is 0 Å². The average molecular weight is 404 g/mol. The van der Waals surface area contributed by atoms with Crippen LogP contribution in [0.3, 0.4) is 0 Å². The lowest BCUT2D eigenvalue weighted by Gasteiger charge is -2.06. The first-order chi connectivity index (χ1) is 13.9. The summed E-state index contributed by atoms with van der Waals surface area (Å²) in [6.07, 6.45) is 0.534. The highest BCUT2D eigenvalue weighted by atomic mass is 19.3. The zero-order valence-electron chi connectivity index (χ0n) is 15.7. The van der Waals surface area contributed by atoms with Crippen molar-refractivity contribution in [1.29, 1.82) is 0 Å². The molecule has 29 heavy (non-hydrogen) atoms. The number of esters is 1. The molecule has 9 nitrogen and oxygen atoms in total. The van der Waals surface area contributed by atoms with E-state index < -0.39 is 18.3 Å². The van der Waals surface area contributed by atoms with Crippen molar-refractivity contribution in [1.82, 2.24) is 24.4 Å². The Labute approximate surface area is 163 Å². The van der Waals surface area contributed by atoms with Crippen LogP contribution in [0.2, 0.25) is 0 Å². The second kappa shape index (κ2) is 7.22. The van der Waals surface area contributed by atoms with E-state index in [1.807, 2.05) is 6.92 Å².